The normalized spacial score (nSPS) is 25.9. The zero-order valence-corrected chi connectivity index (χ0v) is 14.7. The van der Waals surface area contributed by atoms with Crippen molar-refractivity contribution in [1.82, 2.24) is 14.5 Å². The number of aryl methyl sites for hydroxylation is 1. The van der Waals surface area contributed by atoms with Crippen molar-refractivity contribution < 1.29 is 14.4 Å². The van der Waals surface area contributed by atoms with Gasteiger partial charge in [0.25, 0.3) is 5.56 Å². The van der Waals surface area contributed by atoms with Gasteiger partial charge in [0.1, 0.15) is 13.0 Å². The summed E-state index contributed by atoms with van der Waals surface area (Å²) in [6.07, 6.45) is 1.18. The van der Waals surface area contributed by atoms with Gasteiger partial charge in [-0.2, -0.15) is 0 Å². The molecule has 23 heavy (non-hydrogen) atoms. The minimum Gasteiger partial charge on any atom is -0.394 e. The van der Waals surface area contributed by atoms with Crippen LogP contribution in [-0.4, -0.2) is 65.4 Å². The predicted octanol–water partition coefficient (Wildman–Crippen LogP) is 0.0558. The molecule has 0 saturated carbocycles. The fourth-order valence-electron chi connectivity index (χ4n) is 2.54. The fourth-order valence-corrected chi connectivity index (χ4v) is 4.25. The first-order chi connectivity index (χ1) is 10.8. The number of H-pyrrole nitrogens is 1. The van der Waals surface area contributed by atoms with E-state index < -0.39 is 25.6 Å². The van der Waals surface area contributed by atoms with E-state index in [1.165, 1.54) is 10.8 Å². The summed E-state index contributed by atoms with van der Waals surface area (Å²) in [6.45, 7) is 4.01. The van der Waals surface area contributed by atoms with Crippen LogP contribution in [0.25, 0.3) is 0 Å². The van der Waals surface area contributed by atoms with Gasteiger partial charge >= 0.3 is 5.69 Å². The molecule has 2 N–H and O–H groups in total. The molecule has 0 amide bonds. The molecule has 0 aliphatic carbocycles. The SMILES string of the molecule is Cc1cn([C@H]2C[C@@H](P(C)OCN(C)C)[C@@H](CO)O2)c(=O)[nH]c1=O. The van der Waals surface area contributed by atoms with Crippen molar-refractivity contribution in [2.24, 2.45) is 0 Å². The molecule has 0 bridgehead atoms. The largest absolute Gasteiger partial charge is 0.394 e. The summed E-state index contributed by atoms with van der Waals surface area (Å²) in [5, 5.41) is 9.57. The molecule has 1 aliphatic heterocycles. The lowest BCUT2D eigenvalue weighted by Crippen LogP contribution is -2.33. The molecule has 1 aromatic rings. The molecule has 1 aliphatic rings. The molecule has 2 heterocycles. The van der Waals surface area contributed by atoms with E-state index in [1.807, 2.05) is 25.7 Å². The van der Waals surface area contributed by atoms with Crippen molar-refractivity contribution in [2.75, 3.05) is 34.1 Å². The van der Waals surface area contributed by atoms with Crippen molar-refractivity contribution in [3.05, 3.63) is 32.6 Å². The van der Waals surface area contributed by atoms with E-state index in [4.69, 9.17) is 9.26 Å². The molecule has 9 heteroatoms. The minimum atomic E-state index is -0.814. The Morgan fingerprint density at radius 2 is 2.22 bits per heavy atom. The Hall–Kier alpha value is -1.05. The maximum Gasteiger partial charge on any atom is 0.330 e. The average Bonchev–Trinajstić information content (AvgIpc) is 2.92. The summed E-state index contributed by atoms with van der Waals surface area (Å²) < 4.78 is 13.0. The van der Waals surface area contributed by atoms with Crippen LogP contribution in [0.1, 0.15) is 18.2 Å². The van der Waals surface area contributed by atoms with Crippen LogP contribution >= 0.6 is 8.15 Å². The lowest BCUT2D eigenvalue weighted by Gasteiger charge is -2.24. The Labute approximate surface area is 135 Å². The summed E-state index contributed by atoms with van der Waals surface area (Å²) in [5.74, 6) is 0. The van der Waals surface area contributed by atoms with Crippen LogP contribution in [0.3, 0.4) is 0 Å². The quantitative estimate of drug-likeness (QED) is 0.559. The van der Waals surface area contributed by atoms with Gasteiger partial charge < -0.3 is 14.4 Å². The highest BCUT2D eigenvalue weighted by Crippen LogP contribution is 2.49. The number of aromatic amines is 1. The van der Waals surface area contributed by atoms with Crippen LogP contribution < -0.4 is 11.2 Å². The molecular weight excluding hydrogens is 321 g/mol. The molecule has 1 aromatic heterocycles. The second-order valence-electron chi connectivity index (χ2n) is 5.98. The van der Waals surface area contributed by atoms with Gasteiger partial charge in [-0.3, -0.25) is 19.2 Å². The summed E-state index contributed by atoms with van der Waals surface area (Å²) >= 11 is 0. The molecule has 4 atom stereocenters. The second kappa shape index (κ2) is 7.68. The summed E-state index contributed by atoms with van der Waals surface area (Å²) in [4.78, 5) is 27.7. The van der Waals surface area contributed by atoms with Crippen molar-refractivity contribution >= 4 is 8.15 Å². The lowest BCUT2D eigenvalue weighted by atomic mass is 10.2. The number of aliphatic hydroxyl groups is 1. The zero-order chi connectivity index (χ0) is 17.1. The monoisotopic (exact) mass is 345 g/mol. The first-order valence-corrected chi connectivity index (χ1v) is 9.20. The van der Waals surface area contributed by atoms with Crippen molar-refractivity contribution in [3.63, 3.8) is 0 Å². The molecule has 2 rings (SSSR count). The van der Waals surface area contributed by atoms with E-state index in [-0.39, 0.29) is 18.4 Å². The van der Waals surface area contributed by atoms with Gasteiger partial charge in [-0.15, -0.1) is 0 Å². The van der Waals surface area contributed by atoms with Gasteiger partial charge in [0, 0.05) is 32.0 Å². The molecule has 0 aromatic carbocycles. The molecule has 130 valence electrons. The van der Waals surface area contributed by atoms with E-state index in [1.54, 1.807) is 6.92 Å². The van der Waals surface area contributed by atoms with Crippen LogP contribution in [0.4, 0.5) is 0 Å². The van der Waals surface area contributed by atoms with E-state index >= 15 is 0 Å². The fraction of sp³-hybridized carbons (Fsp3) is 0.714. The van der Waals surface area contributed by atoms with Gasteiger partial charge in [-0.25, -0.2) is 4.79 Å². The second-order valence-corrected chi connectivity index (χ2v) is 7.99. The van der Waals surface area contributed by atoms with Crippen molar-refractivity contribution in [2.45, 2.75) is 31.3 Å². The Balaban J connectivity index is 2.17. The highest BCUT2D eigenvalue weighted by atomic mass is 31.1. The van der Waals surface area contributed by atoms with Gasteiger partial charge in [-0.05, 0) is 27.7 Å². The molecule has 1 saturated heterocycles. The Morgan fingerprint density at radius 1 is 1.52 bits per heavy atom. The number of aromatic nitrogens is 2. The molecule has 1 fully saturated rings. The number of ether oxygens (including phenoxy) is 1. The molecular formula is C14H24N3O5P. The topological polar surface area (TPSA) is 96.8 Å². The third-order valence-electron chi connectivity index (χ3n) is 3.83. The third kappa shape index (κ3) is 4.28. The number of rotatable bonds is 6. The molecule has 0 radical (unpaired) electrons. The number of aliphatic hydroxyl groups excluding tert-OH is 1. The minimum absolute atomic E-state index is 0.0269. The van der Waals surface area contributed by atoms with Gasteiger partial charge in [0.2, 0.25) is 0 Å². The third-order valence-corrected chi connectivity index (χ3v) is 5.83. The number of nitrogens with one attached hydrogen (secondary N) is 1. The van der Waals surface area contributed by atoms with E-state index in [0.29, 0.717) is 18.7 Å². The Bertz CT molecular complexity index is 644. The van der Waals surface area contributed by atoms with Gasteiger partial charge in [0.05, 0.1) is 12.7 Å². The first-order valence-electron chi connectivity index (χ1n) is 7.42. The molecule has 8 nitrogen and oxygen atoms in total. The number of hydrogen-bond acceptors (Lipinski definition) is 6. The van der Waals surface area contributed by atoms with Crippen LogP contribution in [-0.2, 0) is 9.26 Å². The van der Waals surface area contributed by atoms with Crippen LogP contribution in [0.2, 0.25) is 0 Å². The highest BCUT2D eigenvalue weighted by Gasteiger charge is 2.40. The number of hydrogen-bond donors (Lipinski definition) is 2. The zero-order valence-electron chi connectivity index (χ0n) is 13.9. The summed E-state index contributed by atoms with van der Waals surface area (Å²) in [6, 6.07) is 0. The molecule has 0 spiro atoms. The smallest absolute Gasteiger partial charge is 0.330 e. The highest BCUT2D eigenvalue weighted by molar-refractivity contribution is 7.52. The van der Waals surface area contributed by atoms with Gasteiger partial charge in [0.15, 0.2) is 0 Å². The molecule has 1 unspecified atom stereocenters. The van der Waals surface area contributed by atoms with Crippen molar-refractivity contribution in [3.8, 4) is 0 Å². The standard InChI is InChI=1S/C14H24N3O5P/c1-9-6-17(14(20)15-13(9)19)12-5-11(10(7-18)22-12)23(4)21-8-16(2)3/h6,10-12,18H,5,7-8H2,1-4H3,(H,15,19,20)/t10-,11-,12-,23?/m1/s1. The van der Waals surface area contributed by atoms with Crippen LogP contribution in [0.5, 0.6) is 0 Å². The maximum absolute atomic E-state index is 12.0. The summed E-state index contributed by atoms with van der Waals surface area (Å²) in [7, 11) is 3.03. The van der Waals surface area contributed by atoms with E-state index in [2.05, 4.69) is 4.98 Å². The van der Waals surface area contributed by atoms with Crippen LogP contribution in [0.15, 0.2) is 15.8 Å². The maximum atomic E-state index is 12.0. The predicted molar refractivity (Wildman–Crippen MR) is 87.9 cm³/mol. The van der Waals surface area contributed by atoms with E-state index in [9.17, 15) is 14.7 Å². The average molecular weight is 345 g/mol. The first kappa shape index (κ1) is 18.3. The van der Waals surface area contributed by atoms with Crippen LogP contribution in [0, 0.1) is 6.92 Å². The Kier molecular flexibility index (Phi) is 6.11. The van der Waals surface area contributed by atoms with Crippen molar-refractivity contribution in [1.29, 1.82) is 0 Å². The summed E-state index contributed by atoms with van der Waals surface area (Å²) in [5.41, 5.74) is -0.428. The van der Waals surface area contributed by atoms with Gasteiger partial charge in [-0.1, -0.05) is 0 Å². The number of nitrogens with zero attached hydrogens (tertiary/aromatic N) is 2. The lowest BCUT2D eigenvalue weighted by molar-refractivity contribution is -0.0244. The van der Waals surface area contributed by atoms with E-state index in [0.717, 1.165) is 0 Å². The Morgan fingerprint density at radius 3 is 2.83 bits per heavy atom.